The van der Waals surface area contributed by atoms with Crippen LogP contribution < -0.4 is 14.4 Å². The van der Waals surface area contributed by atoms with Crippen molar-refractivity contribution in [2.75, 3.05) is 11.5 Å². The first-order valence-corrected chi connectivity index (χ1v) is 8.04. The van der Waals surface area contributed by atoms with Gasteiger partial charge in [-0.05, 0) is 24.3 Å². The number of para-hydroxylation sites is 3. The van der Waals surface area contributed by atoms with E-state index in [1.54, 1.807) is 23.4 Å². The largest absolute Gasteiger partial charge is 0.485 e. The van der Waals surface area contributed by atoms with Crippen LogP contribution in [0.1, 0.15) is 5.82 Å². The predicted octanol–water partition coefficient (Wildman–Crippen LogP) is 2.78. The van der Waals surface area contributed by atoms with E-state index in [2.05, 4.69) is 9.97 Å². The standard InChI is InChI=1S/C19H17N3O3/c23-19(17-13-24-15-8-4-5-9-16(15)25-17)22(12-18-20-10-11-21-18)14-6-2-1-3-7-14/h1-11,17H,12-13H2,(H,20,21). The SMILES string of the molecule is O=C(C1COc2ccccc2O1)N(Cc1ncc[nH]1)c1ccccc1. The molecule has 126 valence electrons. The fourth-order valence-electron chi connectivity index (χ4n) is 2.75. The van der Waals surface area contributed by atoms with Gasteiger partial charge in [0.1, 0.15) is 12.4 Å². The summed E-state index contributed by atoms with van der Waals surface area (Å²) >= 11 is 0. The lowest BCUT2D eigenvalue weighted by Gasteiger charge is -2.30. The molecule has 1 aromatic heterocycles. The topological polar surface area (TPSA) is 67.5 Å². The molecule has 6 heteroatoms. The molecule has 0 aliphatic carbocycles. The van der Waals surface area contributed by atoms with E-state index in [9.17, 15) is 4.79 Å². The van der Waals surface area contributed by atoms with E-state index in [-0.39, 0.29) is 12.5 Å². The number of rotatable bonds is 4. The minimum atomic E-state index is -0.704. The first kappa shape index (κ1) is 15.3. The molecule has 25 heavy (non-hydrogen) atoms. The molecule has 0 saturated heterocycles. The van der Waals surface area contributed by atoms with Gasteiger partial charge in [0.15, 0.2) is 11.5 Å². The van der Waals surface area contributed by atoms with Crippen LogP contribution in [0.2, 0.25) is 0 Å². The van der Waals surface area contributed by atoms with E-state index < -0.39 is 6.10 Å². The van der Waals surface area contributed by atoms with Gasteiger partial charge in [-0.3, -0.25) is 4.79 Å². The Morgan fingerprint density at radius 3 is 2.64 bits per heavy atom. The highest BCUT2D eigenvalue weighted by Crippen LogP contribution is 2.32. The molecule has 1 amide bonds. The summed E-state index contributed by atoms with van der Waals surface area (Å²) in [6, 6.07) is 16.8. The second-order valence-electron chi connectivity index (χ2n) is 5.66. The van der Waals surface area contributed by atoms with E-state index in [1.807, 2.05) is 48.5 Å². The van der Waals surface area contributed by atoms with Crippen molar-refractivity contribution < 1.29 is 14.3 Å². The number of ether oxygens (including phenoxy) is 2. The molecule has 2 aromatic carbocycles. The van der Waals surface area contributed by atoms with E-state index in [0.29, 0.717) is 23.9 Å². The quantitative estimate of drug-likeness (QED) is 0.796. The first-order valence-electron chi connectivity index (χ1n) is 8.04. The predicted molar refractivity (Wildman–Crippen MR) is 92.6 cm³/mol. The van der Waals surface area contributed by atoms with Crippen molar-refractivity contribution in [3.63, 3.8) is 0 Å². The lowest BCUT2D eigenvalue weighted by atomic mass is 10.2. The Morgan fingerprint density at radius 1 is 1.12 bits per heavy atom. The van der Waals surface area contributed by atoms with Gasteiger partial charge in [-0.25, -0.2) is 4.98 Å². The highest BCUT2D eigenvalue weighted by Gasteiger charge is 2.32. The second-order valence-corrected chi connectivity index (χ2v) is 5.66. The third-order valence-corrected chi connectivity index (χ3v) is 3.98. The van der Waals surface area contributed by atoms with Crippen LogP contribution >= 0.6 is 0 Å². The van der Waals surface area contributed by atoms with Gasteiger partial charge in [0.05, 0.1) is 6.54 Å². The lowest BCUT2D eigenvalue weighted by Crippen LogP contribution is -2.46. The summed E-state index contributed by atoms with van der Waals surface area (Å²) in [6.07, 6.45) is 2.70. The Balaban J connectivity index is 1.60. The van der Waals surface area contributed by atoms with Gasteiger partial charge in [-0.15, -0.1) is 0 Å². The number of anilines is 1. The number of hydrogen-bond donors (Lipinski definition) is 1. The van der Waals surface area contributed by atoms with Crippen molar-refractivity contribution in [3.8, 4) is 11.5 Å². The monoisotopic (exact) mass is 335 g/mol. The van der Waals surface area contributed by atoms with E-state index in [0.717, 1.165) is 5.69 Å². The second kappa shape index (κ2) is 6.68. The number of aromatic amines is 1. The van der Waals surface area contributed by atoms with Crippen LogP contribution in [0.3, 0.4) is 0 Å². The number of nitrogens with one attached hydrogen (secondary N) is 1. The van der Waals surface area contributed by atoms with Crippen LogP contribution in [0.15, 0.2) is 67.0 Å². The van der Waals surface area contributed by atoms with Gasteiger partial charge in [0.2, 0.25) is 6.10 Å². The van der Waals surface area contributed by atoms with Crippen LogP contribution in [0, 0.1) is 0 Å². The summed E-state index contributed by atoms with van der Waals surface area (Å²) in [7, 11) is 0. The number of imidazole rings is 1. The molecular formula is C19H17N3O3. The molecule has 1 aliphatic rings. The molecule has 6 nitrogen and oxygen atoms in total. The molecule has 0 saturated carbocycles. The van der Waals surface area contributed by atoms with Gasteiger partial charge in [-0.2, -0.15) is 0 Å². The Hall–Kier alpha value is -3.28. The minimum Gasteiger partial charge on any atom is -0.485 e. The van der Waals surface area contributed by atoms with Crippen molar-refractivity contribution in [1.82, 2.24) is 9.97 Å². The zero-order valence-electron chi connectivity index (χ0n) is 13.5. The number of carbonyl (C=O) groups is 1. The smallest absolute Gasteiger partial charge is 0.272 e. The summed E-state index contributed by atoms with van der Waals surface area (Å²) < 4.78 is 11.6. The van der Waals surface area contributed by atoms with Crippen LogP contribution in [0.25, 0.3) is 0 Å². The summed E-state index contributed by atoms with van der Waals surface area (Å²) in [4.78, 5) is 22.0. The fraction of sp³-hybridized carbons (Fsp3) is 0.158. The number of H-pyrrole nitrogens is 1. The summed E-state index contributed by atoms with van der Waals surface area (Å²) in [5.74, 6) is 1.77. The molecule has 1 N–H and O–H groups in total. The Bertz CT molecular complexity index is 849. The van der Waals surface area contributed by atoms with Gasteiger partial charge >= 0.3 is 0 Å². The highest BCUT2D eigenvalue weighted by molar-refractivity contribution is 5.97. The summed E-state index contributed by atoms with van der Waals surface area (Å²) in [5, 5.41) is 0. The Morgan fingerprint density at radius 2 is 1.88 bits per heavy atom. The molecule has 0 fully saturated rings. The third-order valence-electron chi connectivity index (χ3n) is 3.98. The highest BCUT2D eigenvalue weighted by atomic mass is 16.6. The average molecular weight is 335 g/mol. The number of amides is 1. The van der Waals surface area contributed by atoms with Crippen LogP contribution in [-0.2, 0) is 11.3 Å². The zero-order valence-corrected chi connectivity index (χ0v) is 13.5. The average Bonchev–Trinajstić information content (AvgIpc) is 3.19. The molecule has 1 atom stereocenters. The van der Waals surface area contributed by atoms with Gasteiger partial charge in [0.25, 0.3) is 5.91 Å². The molecular weight excluding hydrogens is 318 g/mol. The fourth-order valence-corrected chi connectivity index (χ4v) is 2.75. The number of nitrogens with zero attached hydrogens (tertiary/aromatic N) is 2. The number of benzene rings is 2. The number of hydrogen-bond acceptors (Lipinski definition) is 4. The van der Waals surface area contributed by atoms with Gasteiger partial charge in [-0.1, -0.05) is 30.3 Å². The maximum absolute atomic E-state index is 13.1. The van der Waals surface area contributed by atoms with E-state index in [1.165, 1.54) is 0 Å². The minimum absolute atomic E-state index is 0.169. The van der Waals surface area contributed by atoms with E-state index >= 15 is 0 Å². The van der Waals surface area contributed by atoms with Crippen LogP contribution in [-0.4, -0.2) is 28.6 Å². The van der Waals surface area contributed by atoms with Crippen molar-refractivity contribution in [2.24, 2.45) is 0 Å². The lowest BCUT2D eigenvalue weighted by molar-refractivity contribution is -0.127. The van der Waals surface area contributed by atoms with Crippen LogP contribution in [0.4, 0.5) is 5.69 Å². The normalized spacial score (nSPS) is 15.6. The third kappa shape index (κ3) is 3.19. The number of aromatic nitrogens is 2. The molecule has 1 unspecified atom stereocenters. The molecule has 0 spiro atoms. The molecule has 2 heterocycles. The molecule has 4 rings (SSSR count). The van der Waals surface area contributed by atoms with Crippen LogP contribution in [0.5, 0.6) is 11.5 Å². The van der Waals surface area contributed by atoms with E-state index in [4.69, 9.17) is 9.47 Å². The number of fused-ring (bicyclic) bond motifs is 1. The molecule has 3 aromatic rings. The first-order chi connectivity index (χ1) is 12.3. The molecule has 1 aliphatic heterocycles. The summed E-state index contributed by atoms with van der Waals surface area (Å²) in [5.41, 5.74) is 0.784. The van der Waals surface area contributed by atoms with Crippen molar-refractivity contribution in [2.45, 2.75) is 12.6 Å². The maximum Gasteiger partial charge on any atom is 0.272 e. The van der Waals surface area contributed by atoms with Gasteiger partial charge in [0, 0.05) is 18.1 Å². The van der Waals surface area contributed by atoms with Gasteiger partial charge < -0.3 is 19.4 Å². The Labute approximate surface area is 145 Å². The van der Waals surface area contributed by atoms with Crippen molar-refractivity contribution >= 4 is 11.6 Å². The summed E-state index contributed by atoms with van der Waals surface area (Å²) in [6.45, 7) is 0.509. The van der Waals surface area contributed by atoms with Crippen molar-refractivity contribution in [1.29, 1.82) is 0 Å². The zero-order chi connectivity index (χ0) is 17.1. The van der Waals surface area contributed by atoms with Crippen molar-refractivity contribution in [3.05, 3.63) is 72.8 Å². The molecule has 0 radical (unpaired) electrons. The number of carbonyl (C=O) groups excluding carboxylic acids is 1. The maximum atomic E-state index is 13.1. The Kier molecular flexibility index (Phi) is 4.08. The molecule has 0 bridgehead atoms.